The van der Waals surface area contributed by atoms with Crippen molar-refractivity contribution >= 4 is 23.1 Å². The number of aromatic amines is 1. The fourth-order valence-corrected chi connectivity index (χ4v) is 3.15. The lowest BCUT2D eigenvalue weighted by molar-refractivity contribution is -0.385. The number of nitrogens with two attached hydrogens (primary N) is 1. The number of hydrogen-bond acceptors (Lipinski definition) is 6. The topological polar surface area (TPSA) is 144 Å². The SMILES string of the molecule is CCCCN(C(=O)Cc1ccccc1[N+](=O)[O-])c1c(N)n(CCCC)c(=O)[nH]c1=O. The number of anilines is 2. The Hall–Kier alpha value is -3.43. The number of unbranched alkanes of at least 4 members (excludes halogenated alkanes) is 2. The molecule has 0 fully saturated rings. The minimum absolute atomic E-state index is 0.0794. The van der Waals surface area contributed by atoms with E-state index in [1.54, 1.807) is 6.07 Å². The predicted octanol–water partition coefficient (Wildman–Crippen LogP) is 2.20. The summed E-state index contributed by atoms with van der Waals surface area (Å²) in [6.45, 7) is 4.40. The van der Waals surface area contributed by atoms with Gasteiger partial charge < -0.3 is 10.6 Å². The number of aromatic nitrogens is 2. The van der Waals surface area contributed by atoms with Crippen LogP contribution in [0.3, 0.4) is 0 Å². The first-order valence-corrected chi connectivity index (χ1v) is 9.97. The first-order chi connectivity index (χ1) is 14.3. The van der Waals surface area contributed by atoms with E-state index in [2.05, 4.69) is 4.98 Å². The zero-order valence-corrected chi connectivity index (χ0v) is 17.2. The average molecular weight is 417 g/mol. The molecule has 1 amide bonds. The maximum atomic E-state index is 13.1. The van der Waals surface area contributed by atoms with Crippen LogP contribution in [-0.4, -0.2) is 26.9 Å². The van der Waals surface area contributed by atoms with Crippen LogP contribution in [-0.2, 0) is 17.8 Å². The van der Waals surface area contributed by atoms with E-state index in [1.807, 2.05) is 13.8 Å². The molecule has 1 aromatic carbocycles. The largest absolute Gasteiger partial charge is 0.383 e. The Balaban J connectivity index is 2.50. The molecular weight excluding hydrogens is 390 g/mol. The van der Waals surface area contributed by atoms with Crippen LogP contribution >= 0.6 is 0 Å². The van der Waals surface area contributed by atoms with Gasteiger partial charge in [0.2, 0.25) is 5.91 Å². The van der Waals surface area contributed by atoms with Crippen molar-refractivity contribution in [3.05, 3.63) is 60.8 Å². The molecule has 0 unspecified atom stereocenters. The maximum Gasteiger partial charge on any atom is 0.330 e. The van der Waals surface area contributed by atoms with E-state index in [1.165, 1.54) is 27.7 Å². The third-order valence-corrected chi connectivity index (χ3v) is 4.79. The first-order valence-electron chi connectivity index (χ1n) is 9.97. The van der Waals surface area contributed by atoms with E-state index >= 15 is 0 Å². The number of carbonyl (C=O) groups excluding carboxylic acids is 1. The van der Waals surface area contributed by atoms with Crippen molar-refractivity contribution in [1.29, 1.82) is 0 Å². The van der Waals surface area contributed by atoms with Crippen LogP contribution < -0.4 is 21.9 Å². The third kappa shape index (κ3) is 5.13. The quantitative estimate of drug-likeness (QED) is 0.448. The Morgan fingerprint density at radius 1 is 1.20 bits per heavy atom. The van der Waals surface area contributed by atoms with Gasteiger partial charge in [-0.15, -0.1) is 0 Å². The van der Waals surface area contributed by atoms with Crippen LogP contribution in [0.5, 0.6) is 0 Å². The molecule has 162 valence electrons. The molecule has 10 nitrogen and oxygen atoms in total. The number of H-pyrrole nitrogens is 1. The van der Waals surface area contributed by atoms with Crippen LogP contribution in [0.25, 0.3) is 0 Å². The molecule has 0 aliphatic carbocycles. The van der Waals surface area contributed by atoms with Crippen LogP contribution in [0.15, 0.2) is 33.9 Å². The number of benzene rings is 1. The minimum atomic E-state index is -0.753. The lowest BCUT2D eigenvalue weighted by atomic mass is 10.1. The fourth-order valence-electron chi connectivity index (χ4n) is 3.15. The van der Waals surface area contributed by atoms with E-state index in [9.17, 15) is 24.5 Å². The zero-order chi connectivity index (χ0) is 22.3. The number of para-hydroxylation sites is 1. The van der Waals surface area contributed by atoms with Crippen molar-refractivity contribution in [2.24, 2.45) is 0 Å². The number of carbonyl (C=O) groups is 1. The van der Waals surface area contributed by atoms with Gasteiger partial charge in [0.1, 0.15) is 5.82 Å². The Labute approximate surface area is 173 Å². The van der Waals surface area contributed by atoms with Crippen LogP contribution in [0.1, 0.15) is 45.1 Å². The Bertz CT molecular complexity index is 1030. The predicted molar refractivity (Wildman–Crippen MR) is 115 cm³/mol. The van der Waals surface area contributed by atoms with Crippen molar-refractivity contribution in [2.45, 2.75) is 52.5 Å². The molecule has 3 N–H and O–H groups in total. The summed E-state index contributed by atoms with van der Waals surface area (Å²) in [5.74, 6) is -0.583. The number of nitrogens with zero attached hydrogens (tertiary/aromatic N) is 3. The number of nitrogen functional groups attached to an aromatic ring is 1. The minimum Gasteiger partial charge on any atom is -0.383 e. The average Bonchev–Trinajstić information content (AvgIpc) is 2.70. The number of nitrogens with one attached hydrogen (secondary N) is 1. The van der Waals surface area contributed by atoms with Gasteiger partial charge in [0.25, 0.3) is 11.2 Å². The van der Waals surface area contributed by atoms with Gasteiger partial charge in [-0.05, 0) is 12.8 Å². The summed E-state index contributed by atoms with van der Waals surface area (Å²) in [6.07, 6.45) is 2.57. The van der Waals surface area contributed by atoms with Gasteiger partial charge in [-0.25, -0.2) is 4.79 Å². The van der Waals surface area contributed by atoms with Gasteiger partial charge in [-0.3, -0.25) is 29.3 Å². The molecule has 2 rings (SSSR count). The van der Waals surface area contributed by atoms with Crippen LogP contribution in [0.4, 0.5) is 17.2 Å². The standard InChI is InChI=1S/C20H27N5O5/c1-3-5-11-23(16(26)13-14-9-7-8-10-15(14)25(29)30)17-18(21)24(12-6-4-2)20(28)22-19(17)27/h7-10H,3-6,11-13,21H2,1-2H3,(H,22,27,28). The van der Waals surface area contributed by atoms with Crippen molar-refractivity contribution in [3.8, 4) is 0 Å². The molecule has 0 radical (unpaired) electrons. The highest BCUT2D eigenvalue weighted by Crippen LogP contribution is 2.22. The summed E-state index contributed by atoms with van der Waals surface area (Å²) in [4.78, 5) is 52.1. The number of nitro groups is 1. The molecule has 1 heterocycles. The monoisotopic (exact) mass is 417 g/mol. The normalized spacial score (nSPS) is 10.7. The highest BCUT2D eigenvalue weighted by molar-refractivity contribution is 5.97. The second-order valence-electron chi connectivity index (χ2n) is 6.96. The Morgan fingerprint density at radius 3 is 2.50 bits per heavy atom. The van der Waals surface area contributed by atoms with Crippen LogP contribution in [0.2, 0.25) is 0 Å². The summed E-state index contributed by atoms with van der Waals surface area (Å²) < 4.78 is 1.25. The summed E-state index contributed by atoms with van der Waals surface area (Å²) in [5.41, 5.74) is 4.74. The molecule has 0 spiro atoms. The first kappa shape index (κ1) is 22.9. The molecule has 0 aliphatic heterocycles. The third-order valence-electron chi connectivity index (χ3n) is 4.79. The van der Waals surface area contributed by atoms with E-state index in [-0.39, 0.29) is 35.7 Å². The van der Waals surface area contributed by atoms with E-state index < -0.39 is 22.1 Å². The highest BCUT2D eigenvalue weighted by Gasteiger charge is 2.26. The van der Waals surface area contributed by atoms with Gasteiger partial charge in [0.05, 0.1) is 11.3 Å². The lowest BCUT2D eigenvalue weighted by Gasteiger charge is -2.24. The number of nitro benzene ring substituents is 1. The molecule has 0 aliphatic rings. The molecule has 30 heavy (non-hydrogen) atoms. The number of hydrogen-bond donors (Lipinski definition) is 2. The van der Waals surface area contributed by atoms with Gasteiger partial charge in [0.15, 0.2) is 5.69 Å². The summed E-state index contributed by atoms with van der Waals surface area (Å²) >= 11 is 0. The van der Waals surface area contributed by atoms with Gasteiger partial charge >= 0.3 is 5.69 Å². The molecule has 0 saturated heterocycles. The molecule has 0 saturated carbocycles. The summed E-state index contributed by atoms with van der Waals surface area (Å²) in [5, 5.41) is 11.3. The molecule has 10 heteroatoms. The molecule has 0 bridgehead atoms. The van der Waals surface area contributed by atoms with Gasteiger partial charge in [-0.1, -0.05) is 44.9 Å². The van der Waals surface area contributed by atoms with Gasteiger partial charge in [0, 0.05) is 24.7 Å². The van der Waals surface area contributed by atoms with E-state index in [0.29, 0.717) is 19.4 Å². The Kier molecular flexibility index (Phi) is 7.90. The second kappa shape index (κ2) is 10.4. The summed E-state index contributed by atoms with van der Waals surface area (Å²) in [7, 11) is 0. The molecule has 0 atom stereocenters. The van der Waals surface area contributed by atoms with Crippen LogP contribution in [0, 0.1) is 10.1 Å². The maximum absolute atomic E-state index is 13.1. The van der Waals surface area contributed by atoms with Crippen molar-refractivity contribution in [1.82, 2.24) is 9.55 Å². The fraction of sp³-hybridized carbons (Fsp3) is 0.450. The summed E-state index contributed by atoms with van der Waals surface area (Å²) in [6, 6.07) is 5.96. The van der Waals surface area contributed by atoms with Crippen molar-refractivity contribution in [3.63, 3.8) is 0 Å². The number of amides is 1. The van der Waals surface area contributed by atoms with E-state index in [4.69, 9.17) is 5.73 Å². The molecule has 2 aromatic rings. The number of rotatable bonds is 10. The molecular formula is C20H27N5O5. The lowest BCUT2D eigenvalue weighted by Crippen LogP contribution is -2.42. The second-order valence-corrected chi connectivity index (χ2v) is 6.96. The highest BCUT2D eigenvalue weighted by atomic mass is 16.6. The van der Waals surface area contributed by atoms with Gasteiger partial charge in [-0.2, -0.15) is 0 Å². The smallest absolute Gasteiger partial charge is 0.330 e. The van der Waals surface area contributed by atoms with E-state index in [0.717, 1.165) is 12.8 Å². The zero-order valence-electron chi connectivity index (χ0n) is 17.2. The Morgan fingerprint density at radius 2 is 1.87 bits per heavy atom. The van der Waals surface area contributed by atoms with Crippen molar-refractivity contribution in [2.75, 3.05) is 17.2 Å². The van der Waals surface area contributed by atoms with Crippen molar-refractivity contribution < 1.29 is 9.72 Å². The molecule has 1 aromatic heterocycles.